The molecule has 14 heavy (non-hydrogen) atoms. The number of nitrogens with one attached hydrogen (secondary N) is 1. The van der Waals surface area contributed by atoms with Gasteiger partial charge in [-0.05, 0) is 18.3 Å². The van der Waals surface area contributed by atoms with E-state index in [-0.39, 0.29) is 5.11 Å². The van der Waals surface area contributed by atoms with Crippen molar-refractivity contribution in [2.24, 2.45) is 10.8 Å². The van der Waals surface area contributed by atoms with Gasteiger partial charge in [0.2, 0.25) is 0 Å². The van der Waals surface area contributed by atoms with Crippen molar-refractivity contribution < 1.29 is 0 Å². The maximum atomic E-state index is 8.74. The number of nitrogens with two attached hydrogens (primary N) is 1. The van der Waals surface area contributed by atoms with E-state index in [0.29, 0.717) is 5.56 Å². The molecular formula is C9H8N4S. The molecule has 0 spiro atoms. The molecule has 0 saturated carbocycles. The second-order valence-corrected chi connectivity index (χ2v) is 2.87. The molecule has 0 aliphatic carbocycles. The number of hydrogen-bond acceptors (Lipinski definition) is 3. The third-order valence-electron chi connectivity index (χ3n) is 1.46. The summed E-state index contributed by atoms with van der Waals surface area (Å²) in [6.07, 6.45) is 1.50. The molecule has 1 rings (SSSR count). The smallest absolute Gasteiger partial charge is 0.184 e. The molecule has 0 amide bonds. The average Bonchev–Trinajstić information content (AvgIpc) is 2.18. The number of nitriles is 1. The van der Waals surface area contributed by atoms with Crippen molar-refractivity contribution in [2.75, 3.05) is 0 Å². The fraction of sp³-hybridized carbons (Fsp3) is 0. The van der Waals surface area contributed by atoms with Crippen LogP contribution in [-0.4, -0.2) is 11.3 Å². The molecule has 0 aromatic heterocycles. The molecule has 0 saturated heterocycles. The molecule has 0 aliphatic rings. The Balaban J connectivity index is 2.81. The lowest BCUT2D eigenvalue weighted by atomic mass is 10.1. The van der Waals surface area contributed by atoms with Gasteiger partial charge in [-0.3, -0.25) is 5.43 Å². The highest BCUT2D eigenvalue weighted by atomic mass is 32.1. The van der Waals surface area contributed by atoms with Crippen molar-refractivity contribution in [3.8, 4) is 6.07 Å². The van der Waals surface area contributed by atoms with Crippen LogP contribution in [0.4, 0.5) is 0 Å². The lowest BCUT2D eigenvalue weighted by Crippen LogP contribution is -2.24. The summed E-state index contributed by atoms with van der Waals surface area (Å²) in [5, 5.41) is 12.6. The summed E-state index contributed by atoms with van der Waals surface area (Å²) >= 11 is 4.56. The molecule has 0 fully saturated rings. The van der Waals surface area contributed by atoms with Crippen molar-refractivity contribution in [1.82, 2.24) is 5.43 Å². The normalized spacial score (nSPS) is 9.64. The highest BCUT2D eigenvalue weighted by Crippen LogP contribution is 2.03. The minimum atomic E-state index is 0.0932. The number of rotatable bonds is 2. The number of thiocarbonyl (C=S) groups is 1. The van der Waals surface area contributed by atoms with Crippen LogP contribution in [0.3, 0.4) is 0 Å². The van der Waals surface area contributed by atoms with E-state index in [1.54, 1.807) is 18.2 Å². The Kier molecular flexibility index (Phi) is 3.58. The van der Waals surface area contributed by atoms with Crippen molar-refractivity contribution in [1.29, 1.82) is 5.26 Å². The third kappa shape index (κ3) is 2.84. The predicted molar refractivity (Wildman–Crippen MR) is 58.7 cm³/mol. The first-order valence-electron chi connectivity index (χ1n) is 3.81. The Hall–Kier alpha value is -1.93. The zero-order chi connectivity index (χ0) is 10.4. The lowest BCUT2D eigenvalue weighted by Gasteiger charge is -1.96. The van der Waals surface area contributed by atoms with E-state index in [1.807, 2.05) is 6.07 Å². The first-order valence-corrected chi connectivity index (χ1v) is 4.22. The average molecular weight is 204 g/mol. The molecule has 5 heteroatoms. The largest absolute Gasteiger partial charge is 0.375 e. The summed E-state index contributed by atoms with van der Waals surface area (Å²) in [6, 6.07) is 9.15. The van der Waals surface area contributed by atoms with E-state index < -0.39 is 0 Å². The standard InChI is InChI=1S/C9H8N4S/c10-5-7-3-1-2-4-8(7)6-12-13-9(11)14/h1-4,6H,(H3,11,13,14). The Morgan fingerprint density at radius 2 is 2.29 bits per heavy atom. The van der Waals surface area contributed by atoms with Gasteiger partial charge in [-0.2, -0.15) is 10.4 Å². The minimum Gasteiger partial charge on any atom is -0.375 e. The molecule has 0 bridgehead atoms. The van der Waals surface area contributed by atoms with Gasteiger partial charge in [0, 0.05) is 5.56 Å². The highest BCUT2D eigenvalue weighted by molar-refractivity contribution is 7.80. The van der Waals surface area contributed by atoms with Gasteiger partial charge in [-0.15, -0.1) is 0 Å². The van der Waals surface area contributed by atoms with E-state index in [0.717, 1.165) is 5.56 Å². The quantitative estimate of drug-likeness (QED) is 0.423. The molecular weight excluding hydrogens is 196 g/mol. The summed E-state index contributed by atoms with van der Waals surface area (Å²) in [7, 11) is 0. The monoisotopic (exact) mass is 204 g/mol. The fourth-order valence-corrected chi connectivity index (χ4v) is 0.930. The van der Waals surface area contributed by atoms with Crippen LogP contribution in [0.1, 0.15) is 11.1 Å². The van der Waals surface area contributed by atoms with Crippen molar-refractivity contribution in [3.05, 3.63) is 35.4 Å². The van der Waals surface area contributed by atoms with Crippen LogP contribution in [0.5, 0.6) is 0 Å². The van der Waals surface area contributed by atoms with Crippen molar-refractivity contribution in [3.63, 3.8) is 0 Å². The predicted octanol–water partition coefficient (Wildman–Crippen LogP) is 0.725. The maximum Gasteiger partial charge on any atom is 0.184 e. The first kappa shape index (κ1) is 10.2. The van der Waals surface area contributed by atoms with Crippen LogP contribution in [-0.2, 0) is 0 Å². The van der Waals surface area contributed by atoms with Gasteiger partial charge < -0.3 is 5.73 Å². The van der Waals surface area contributed by atoms with E-state index in [1.165, 1.54) is 6.21 Å². The topological polar surface area (TPSA) is 74.2 Å². The second-order valence-electron chi connectivity index (χ2n) is 2.43. The van der Waals surface area contributed by atoms with Crippen LogP contribution in [0.15, 0.2) is 29.4 Å². The maximum absolute atomic E-state index is 8.74. The molecule has 0 radical (unpaired) electrons. The number of nitrogens with zero attached hydrogens (tertiary/aromatic N) is 2. The molecule has 0 heterocycles. The highest BCUT2D eigenvalue weighted by Gasteiger charge is 1.95. The third-order valence-corrected chi connectivity index (χ3v) is 1.55. The molecule has 70 valence electrons. The first-order chi connectivity index (χ1) is 6.74. The summed E-state index contributed by atoms with van der Waals surface area (Å²) in [5.74, 6) is 0. The summed E-state index contributed by atoms with van der Waals surface area (Å²) in [4.78, 5) is 0. The minimum absolute atomic E-state index is 0.0932. The van der Waals surface area contributed by atoms with Gasteiger partial charge in [-0.1, -0.05) is 18.2 Å². The van der Waals surface area contributed by atoms with Crippen LogP contribution < -0.4 is 11.2 Å². The second kappa shape index (κ2) is 4.94. The number of hydrogen-bond donors (Lipinski definition) is 2. The molecule has 1 aromatic rings. The Bertz CT molecular complexity index is 406. The SMILES string of the molecule is N#Cc1ccccc1C=NNC(N)=S. The Morgan fingerprint density at radius 3 is 2.93 bits per heavy atom. The van der Waals surface area contributed by atoms with E-state index in [9.17, 15) is 0 Å². The van der Waals surface area contributed by atoms with E-state index in [2.05, 4.69) is 28.8 Å². The summed E-state index contributed by atoms with van der Waals surface area (Å²) < 4.78 is 0. The number of hydrazone groups is 1. The lowest BCUT2D eigenvalue weighted by molar-refractivity contribution is 1.04. The molecule has 0 atom stereocenters. The molecule has 4 nitrogen and oxygen atoms in total. The zero-order valence-corrected chi connectivity index (χ0v) is 8.08. The van der Waals surface area contributed by atoms with Crippen LogP contribution in [0.25, 0.3) is 0 Å². The summed E-state index contributed by atoms with van der Waals surface area (Å²) in [6.45, 7) is 0. The Labute approximate surface area is 87.0 Å². The van der Waals surface area contributed by atoms with Gasteiger partial charge >= 0.3 is 0 Å². The van der Waals surface area contributed by atoms with Gasteiger partial charge in [-0.25, -0.2) is 0 Å². The number of benzene rings is 1. The molecule has 0 aliphatic heterocycles. The van der Waals surface area contributed by atoms with Gasteiger partial charge in [0.15, 0.2) is 5.11 Å². The van der Waals surface area contributed by atoms with Gasteiger partial charge in [0.25, 0.3) is 0 Å². The van der Waals surface area contributed by atoms with Crippen LogP contribution in [0, 0.1) is 11.3 Å². The fourth-order valence-electron chi connectivity index (χ4n) is 0.877. The van der Waals surface area contributed by atoms with Crippen molar-refractivity contribution >= 4 is 23.5 Å². The van der Waals surface area contributed by atoms with Gasteiger partial charge in [0.05, 0.1) is 17.8 Å². The van der Waals surface area contributed by atoms with Gasteiger partial charge in [0.1, 0.15) is 0 Å². The molecule has 3 N–H and O–H groups in total. The van der Waals surface area contributed by atoms with E-state index >= 15 is 0 Å². The molecule has 1 aromatic carbocycles. The van der Waals surface area contributed by atoms with Crippen LogP contribution in [0.2, 0.25) is 0 Å². The van der Waals surface area contributed by atoms with Crippen LogP contribution >= 0.6 is 12.2 Å². The summed E-state index contributed by atoms with van der Waals surface area (Å²) in [5.41, 5.74) is 8.86. The van der Waals surface area contributed by atoms with Crippen molar-refractivity contribution in [2.45, 2.75) is 0 Å². The zero-order valence-electron chi connectivity index (χ0n) is 7.27. The molecule has 0 unspecified atom stereocenters. The Morgan fingerprint density at radius 1 is 1.57 bits per heavy atom. The van der Waals surface area contributed by atoms with E-state index in [4.69, 9.17) is 11.0 Å².